The van der Waals surface area contributed by atoms with Crippen molar-refractivity contribution in [3.8, 4) is 11.4 Å². The van der Waals surface area contributed by atoms with E-state index in [1.165, 1.54) is 6.07 Å². The largest absolute Gasteiger partial charge is 0.327 e. The molecule has 0 bridgehead atoms. The van der Waals surface area contributed by atoms with E-state index < -0.39 is 0 Å². The normalized spacial score (nSPS) is 12.4. The lowest BCUT2D eigenvalue weighted by Crippen LogP contribution is -2.22. The first-order chi connectivity index (χ1) is 9.49. The van der Waals surface area contributed by atoms with Gasteiger partial charge in [0.15, 0.2) is 5.82 Å². The fraction of sp³-hybridized carbons (Fsp3) is 0.333. The van der Waals surface area contributed by atoms with Gasteiger partial charge in [-0.25, -0.2) is 14.4 Å². The summed E-state index contributed by atoms with van der Waals surface area (Å²) in [6, 6.07) is 6.81. The van der Waals surface area contributed by atoms with Crippen molar-refractivity contribution >= 4 is 15.9 Å². The summed E-state index contributed by atoms with van der Waals surface area (Å²) in [6.07, 6.45) is 1.62. The minimum Gasteiger partial charge on any atom is -0.327 e. The minimum atomic E-state index is -0.297. The van der Waals surface area contributed by atoms with Crippen LogP contribution in [0.1, 0.15) is 24.7 Å². The molecular weight excluding hydrogens is 321 g/mol. The zero-order valence-corrected chi connectivity index (χ0v) is 13.1. The Hall–Kier alpha value is -1.33. The van der Waals surface area contributed by atoms with Crippen LogP contribution in [0.3, 0.4) is 0 Å². The van der Waals surface area contributed by atoms with Gasteiger partial charge in [-0.2, -0.15) is 0 Å². The topological polar surface area (TPSA) is 51.8 Å². The molecule has 0 aliphatic heterocycles. The van der Waals surface area contributed by atoms with Gasteiger partial charge in [0.1, 0.15) is 5.82 Å². The summed E-state index contributed by atoms with van der Waals surface area (Å²) in [5, 5.41) is 0. The lowest BCUT2D eigenvalue weighted by molar-refractivity contribution is 0.621. The minimum absolute atomic E-state index is 0.0945. The number of aromatic nitrogens is 2. The second-order valence-corrected chi connectivity index (χ2v) is 5.68. The van der Waals surface area contributed by atoms with Crippen LogP contribution in [0.25, 0.3) is 11.4 Å². The van der Waals surface area contributed by atoms with Gasteiger partial charge in [0, 0.05) is 29.4 Å². The summed E-state index contributed by atoms with van der Waals surface area (Å²) in [5.41, 5.74) is 8.56. The molecule has 0 fully saturated rings. The van der Waals surface area contributed by atoms with Crippen LogP contribution in [0, 0.1) is 12.7 Å². The van der Waals surface area contributed by atoms with Gasteiger partial charge in [-0.1, -0.05) is 6.92 Å². The molecule has 106 valence electrons. The standard InChI is InChI=1S/C15H17BrFN3/c1-3-11(18)8-12-6-9(2)19-15(20-12)10-4-5-14(17)13(16)7-10/h4-7,11H,3,8,18H2,1-2H3. The molecule has 5 heteroatoms. The lowest BCUT2D eigenvalue weighted by atomic mass is 10.1. The fourth-order valence-electron chi connectivity index (χ4n) is 1.92. The summed E-state index contributed by atoms with van der Waals surface area (Å²) in [7, 11) is 0. The molecule has 2 N–H and O–H groups in total. The fourth-order valence-corrected chi connectivity index (χ4v) is 2.29. The Morgan fingerprint density at radius 1 is 1.30 bits per heavy atom. The summed E-state index contributed by atoms with van der Waals surface area (Å²) in [6.45, 7) is 3.97. The zero-order valence-electron chi connectivity index (χ0n) is 11.5. The Kier molecular flexibility index (Phi) is 4.83. The molecule has 3 nitrogen and oxygen atoms in total. The van der Waals surface area contributed by atoms with Crippen molar-refractivity contribution in [2.45, 2.75) is 32.7 Å². The first-order valence-corrected chi connectivity index (χ1v) is 7.34. The predicted octanol–water partition coefficient (Wildman–Crippen LogP) is 3.63. The highest BCUT2D eigenvalue weighted by Crippen LogP contribution is 2.23. The van der Waals surface area contributed by atoms with Crippen LogP contribution >= 0.6 is 15.9 Å². The van der Waals surface area contributed by atoms with Gasteiger partial charge >= 0.3 is 0 Å². The second kappa shape index (κ2) is 6.41. The van der Waals surface area contributed by atoms with E-state index in [0.717, 1.165) is 29.8 Å². The molecule has 1 aromatic carbocycles. The third-order valence-electron chi connectivity index (χ3n) is 3.08. The Balaban J connectivity index is 2.38. The monoisotopic (exact) mass is 337 g/mol. The summed E-state index contributed by atoms with van der Waals surface area (Å²) in [4.78, 5) is 8.94. The number of hydrogen-bond donors (Lipinski definition) is 1. The van der Waals surface area contributed by atoms with Gasteiger partial charge in [-0.15, -0.1) is 0 Å². The Labute approximate surface area is 126 Å². The van der Waals surface area contributed by atoms with Crippen LogP contribution in [0.2, 0.25) is 0 Å². The maximum Gasteiger partial charge on any atom is 0.159 e. The first kappa shape index (κ1) is 15.1. The van der Waals surface area contributed by atoms with E-state index in [2.05, 4.69) is 32.8 Å². The number of hydrogen-bond acceptors (Lipinski definition) is 3. The lowest BCUT2D eigenvalue weighted by Gasteiger charge is -2.10. The maximum absolute atomic E-state index is 13.3. The number of nitrogens with zero attached hydrogens (tertiary/aromatic N) is 2. The number of nitrogens with two attached hydrogens (primary N) is 1. The summed E-state index contributed by atoms with van der Waals surface area (Å²) < 4.78 is 13.7. The van der Waals surface area contributed by atoms with E-state index in [1.54, 1.807) is 12.1 Å². The molecule has 1 aromatic heterocycles. The molecule has 0 aliphatic carbocycles. The van der Waals surface area contributed by atoms with Crippen LogP contribution in [0.5, 0.6) is 0 Å². The van der Waals surface area contributed by atoms with Gasteiger partial charge in [0.05, 0.1) is 4.47 Å². The molecule has 1 heterocycles. The summed E-state index contributed by atoms with van der Waals surface area (Å²) >= 11 is 3.18. The van der Waals surface area contributed by atoms with Gasteiger partial charge in [-0.05, 0) is 53.5 Å². The number of rotatable bonds is 4. The average Bonchev–Trinajstić information content (AvgIpc) is 2.41. The third-order valence-corrected chi connectivity index (χ3v) is 3.69. The van der Waals surface area contributed by atoms with Crippen LogP contribution in [-0.2, 0) is 6.42 Å². The molecule has 1 atom stereocenters. The van der Waals surface area contributed by atoms with Crippen LogP contribution in [0.4, 0.5) is 4.39 Å². The number of halogens is 2. The van der Waals surface area contributed by atoms with Gasteiger partial charge in [0.2, 0.25) is 0 Å². The van der Waals surface area contributed by atoms with E-state index in [1.807, 2.05) is 13.0 Å². The Morgan fingerprint density at radius 2 is 2.05 bits per heavy atom. The van der Waals surface area contributed by atoms with E-state index >= 15 is 0 Å². The quantitative estimate of drug-likeness (QED) is 0.926. The molecule has 2 rings (SSSR count). The van der Waals surface area contributed by atoms with Crippen molar-refractivity contribution in [2.24, 2.45) is 5.73 Å². The van der Waals surface area contributed by atoms with Crippen LogP contribution < -0.4 is 5.73 Å². The Bertz CT molecular complexity index is 616. The molecule has 0 radical (unpaired) electrons. The Morgan fingerprint density at radius 3 is 2.70 bits per heavy atom. The van der Waals surface area contributed by atoms with Crippen molar-refractivity contribution in [1.82, 2.24) is 9.97 Å². The highest BCUT2D eigenvalue weighted by Gasteiger charge is 2.09. The van der Waals surface area contributed by atoms with Gasteiger partial charge in [0.25, 0.3) is 0 Å². The molecule has 1 unspecified atom stereocenters. The van der Waals surface area contributed by atoms with E-state index in [0.29, 0.717) is 10.3 Å². The molecule has 20 heavy (non-hydrogen) atoms. The number of aryl methyl sites for hydroxylation is 1. The van der Waals surface area contributed by atoms with Crippen LogP contribution in [-0.4, -0.2) is 16.0 Å². The van der Waals surface area contributed by atoms with Crippen molar-refractivity contribution in [1.29, 1.82) is 0 Å². The molecule has 0 spiro atoms. The predicted molar refractivity (Wildman–Crippen MR) is 81.8 cm³/mol. The third kappa shape index (κ3) is 3.61. The van der Waals surface area contributed by atoms with Crippen molar-refractivity contribution in [2.75, 3.05) is 0 Å². The van der Waals surface area contributed by atoms with Crippen molar-refractivity contribution < 1.29 is 4.39 Å². The van der Waals surface area contributed by atoms with Crippen molar-refractivity contribution in [3.05, 3.63) is 45.9 Å². The van der Waals surface area contributed by atoms with Gasteiger partial charge in [-0.3, -0.25) is 0 Å². The van der Waals surface area contributed by atoms with E-state index in [4.69, 9.17) is 5.73 Å². The molecule has 0 saturated carbocycles. The maximum atomic E-state index is 13.3. The smallest absolute Gasteiger partial charge is 0.159 e. The molecule has 2 aromatic rings. The zero-order chi connectivity index (χ0) is 14.7. The van der Waals surface area contributed by atoms with Crippen molar-refractivity contribution in [3.63, 3.8) is 0 Å². The van der Waals surface area contributed by atoms with Gasteiger partial charge < -0.3 is 5.73 Å². The van der Waals surface area contributed by atoms with Crippen LogP contribution in [0.15, 0.2) is 28.7 Å². The van der Waals surface area contributed by atoms with E-state index in [9.17, 15) is 4.39 Å². The average molecular weight is 338 g/mol. The molecule has 0 amide bonds. The number of benzene rings is 1. The first-order valence-electron chi connectivity index (χ1n) is 6.55. The molecular formula is C15H17BrFN3. The molecule has 0 saturated heterocycles. The summed E-state index contributed by atoms with van der Waals surface area (Å²) in [5.74, 6) is 0.304. The SMILES string of the molecule is CCC(N)Cc1cc(C)nc(-c2ccc(F)c(Br)c2)n1. The molecule has 0 aliphatic rings. The van der Waals surface area contributed by atoms with E-state index in [-0.39, 0.29) is 11.9 Å². The highest BCUT2D eigenvalue weighted by atomic mass is 79.9. The highest BCUT2D eigenvalue weighted by molar-refractivity contribution is 9.10. The second-order valence-electron chi connectivity index (χ2n) is 4.83.